The van der Waals surface area contributed by atoms with Gasteiger partial charge in [0.25, 0.3) is 0 Å². The van der Waals surface area contributed by atoms with Crippen molar-refractivity contribution >= 4 is 23.2 Å². The average molecular weight is 391 g/mol. The highest BCUT2D eigenvalue weighted by atomic mass is 32.1. The van der Waals surface area contributed by atoms with Crippen LogP contribution in [-0.4, -0.2) is 49.0 Å². The smallest absolute Gasteiger partial charge is 0.225 e. The molecule has 1 saturated heterocycles. The fourth-order valence-corrected chi connectivity index (χ4v) is 4.89. The van der Waals surface area contributed by atoms with Crippen molar-refractivity contribution in [3.63, 3.8) is 0 Å². The molecular weight excluding hydrogens is 356 g/mol. The van der Waals surface area contributed by atoms with Crippen LogP contribution in [0.4, 0.5) is 0 Å². The van der Waals surface area contributed by atoms with E-state index >= 15 is 0 Å². The number of nitrogens with zero attached hydrogens (tertiary/aromatic N) is 2. The van der Waals surface area contributed by atoms with Gasteiger partial charge in [0.1, 0.15) is 0 Å². The summed E-state index contributed by atoms with van der Waals surface area (Å²) >= 11 is 1.79. The lowest BCUT2D eigenvalue weighted by Gasteiger charge is -2.23. The maximum atomic E-state index is 12.6. The molecule has 3 rings (SSSR count). The first-order valence-electron chi connectivity index (χ1n) is 10.4. The molecule has 0 spiro atoms. The van der Waals surface area contributed by atoms with Crippen molar-refractivity contribution in [2.45, 2.75) is 64.3 Å². The second kappa shape index (κ2) is 9.09. The molecule has 6 heteroatoms. The van der Waals surface area contributed by atoms with Crippen LogP contribution in [-0.2, 0) is 10.2 Å². The van der Waals surface area contributed by atoms with E-state index < -0.39 is 0 Å². The van der Waals surface area contributed by atoms with E-state index in [9.17, 15) is 4.79 Å². The van der Waals surface area contributed by atoms with Gasteiger partial charge in [-0.3, -0.25) is 9.79 Å². The molecule has 0 radical (unpaired) electrons. The molecule has 1 aliphatic carbocycles. The third kappa shape index (κ3) is 5.24. The molecular formula is C21H34N4OS. The summed E-state index contributed by atoms with van der Waals surface area (Å²) in [6.45, 7) is 9.81. The number of thiophene rings is 1. The second-order valence-corrected chi connectivity index (χ2v) is 9.40. The van der Waals surface area contributed by atoms with E-state index in [2.05, 4.69) is 53.8 Å². The Morgan fingerprint density at radius 2 is 2.11 bits per heavy atom. The van der Waals surface area contributed by atoms with Crippen molar-refractivity contribution in [3.8, 4) is 0 Å². The van der Waals surface area contributed by atoms with Crippen molar-refractivity contribution in [2.24, 2.45) is 10.9 Å². The summed E-state index contributed by atoms with van der Waals surface area (Å²) in [4.78, 5) is 20.9. The van der Waals surface area contributed by atoms with E-state index in [0.717, 1.165) is 51.4 Å². The molecule has 1 unspecified atom stereocenters. The minimum atomic E-state index is 0.0245. The molecule has 1 aliphatic heterocycles. The van der Waals surface area contributed by atoms with Crippen LogP contribution in [0.1, 0.15) is 57.8 Å². The Labute approximate surface area is 167 Å². The van der Waals surface area contributed by atoms with Gasteiger partial charge in [-0.15, -0.1) is 11.3 Å². The molecule has 2 fully saturated rings. The number of hydrogen-bond donors (Lipinski definition) is 2. The maximum absolute atomic E-state index is 12.6. The third-order valence-corrected chi connectivity index (χ3v) is 6.95. The fraction of sp³-hybridized carbons (Fsp3) is 0.714. The Morgan fingerprint density at radius 1 is 1.33 bits per heavy atom. The van der Waals surface area contributed by atoms with E-state index in [-0.39, 0.29) is 17.4 Å². The number of aliphatic imine (C=N–C) groups is 1. The zero-order chi connectivity index (χ0) is 19.3. The Morgan fingerprint density at radius 3 is 2.78 bits per heavy atom. The fourth-order valence-electron chi connectivity index (χ4n) is 4.04. The van der Waals surface area contributed by atoms with Crippen molar-refractivity contribution in [1.29, 1.82) is 0 Å². The van der Waals surface area contributed by atoms with Crippen molar-refractivity contribution in [1.82, 2.24) is 15.5 Å². The largest absolute Gasteiger partial charge is 0.357 e. The van der Waals surface area contributed by atoms with Crippen molar-refractivity contribution in [2.75, 3.05) is 26.2 Å². The molecule has 0 aromatic carbocycles. The van der Waals surface area contributed by atoms with Crippen LogP contribution < -0.4 is 10.6 Å². The lowest BCUT2D eigenvalue weighted by atomic mass is 9.92. The molecule has 150 valence electrons. The Kier molecular flexibility index (Phi) is 6.79. The number of hydrogen-bond acceptors (Lipinski definition) is 3. The molecule has 0 bridgehead atoms. The van der Waals surface area contributed by atoms with E-state index in [1.807, 2.05) is 0 Å². The Hall–Kier alpha value is -1.56. The monoisotopic (exact) mass is 390 g/mol. The van der Waals surface area contributed by atoms with Crippen LogP contribution >= 0.6 is 11.3 Å². The minimum absolute atomic E-state index is 0.0245. The van der Waals surface area contributed by atoms with Crippen LogP contribution in [0.3, 0.4) is 0 Å². The van der Waals surface area contributed by atoms with E-state index in [0.29, 0.717) is 5.91 Å². The molecule has 1 amide bonds. The number of nitrogens with one attached hydrogen (secondary N) is 2. The molecule has 1 atom stereocenters. The molecule has 1 aromatic heterocycles. The topological polar surface area (TPSA) is 56.7 Å². The summed E-state index contributed by atoms with van der Waals surface area (Å²) in [5, 5.41) is 9.05. The van der Waals surface area contributed by atoms with Gasteiger partial charge in [0.15, 0.2) is 5.96 Å². The number of amides is 1. The van der Waals surface area contributed by atoms with Gasteiger partial charge >= 0.3 is 0 Å². The van der Waals surface area contributed by atoms with Gasteiger partial charge in [-0.2, -0.15) is 0 Å². The SMILES string of the molecule is CCNC(=NCC(C)(C)c1cccs1)NC1CCN(C(=O)C2CCCC2)C1. The van der Waals surface area contributed by atoms with Crippen molar-refractivity contribution in [3.05, 3.63) is 22.4 Å². The third-order valence-electron chi connectivity index (χ3n) is 5.71. The zero-order valence-corrected chi connectivity index (χ0v) is 17.8. The van der Waals surface area contributed by atoms with Gasteiger partial charge < -0.3 is 15.5 Å². The van der Waals surface area contributed by atoms with Gasteiger partial charge in [-0.05, 0) is 37.6 Å². The predicted octanol–water partition coefficient (Wildman–Crippen LogP) is 3.37. The lowest BCUT2D eigenvalue weighted by molar-refractivity contribution is -0.134. The molecule has 2 N–H and O–H groups in total. The number of likely N-dealkylation sites (tertiary alicyclic amines) is 1. The first-order chi connectivity index (χ1) is 13.0. The average Bonchev–Trinajstić information content (AvgIpc) is 3.42. The van der Waals surface area contributed by atoms with Crippen LogP contribution in [0.2, 0.25) is 0 Å². The first-order valence-corrected chi connectivity index (χ1v) is 11.2. The number of carbonyl (C=O) groups is 1. The Bertz CT molecular complexity index is 635. The minimum Gasteiger partial charge on any atom is -0.357 e. The molecule has 2 heterocycles. The molecule has 5 nitrogen and oxygen atoms in total. The number of carbonyl (C=O) groups excluding carboxylic acids is 1. The summed E-state index contributed by atoms with van der Waals surface area (Å²) in [7, 11) is 0. The highest BCUT2D eigenvalue weighted by molar-refractivity contribution is 7.10. The molecule has 1 aromatic rings. The second-order valence-electron chi connectivity index (χ2n) is 8.45. The van der Waals surface area contributed by atoms with Crippen LogP contribution in [0.15, 0.2) is 22.5 Å². The maximum Gasteiger partial charge on any atom is 0.225 e. The van der Waals surface area contributed by atoms with E-state index in [1.165, 1.54) is 17.7 Å². The number of guanidine groups is 1. The molecule has 27 heavy (non-hydrogen) atoms. The number of rotatable bonds is 6. The summed E-state index contributed by atoms with van der Waals surface area (Å²) in [6.07, 6.45) is 5.58. The van der Waals surface area contributed by atoms with Gasteiger partial charge in [0.2, 0.25) is 5.91 Å². The lowest BCUT2D eigenvalue weighted by Crippen LogP contribution is -2.46. The highest BCUT2D eigenvalue weighted by Crippen LogP contribution is 2.28. The quantitative estimate of drug-likeness (QED) is 0.578. The summed E-state index contributed by atoms with van der Waals surface area (Å²) in [6, 6.07) is 4.57. The van der Waals surface area contributed by atoms with Gasteiger partial charge in [0, 0.05) is 41.9 Å². The van der Waals surface area contributed by atoms with Gasteiger partial charge in [-0.1, -0.05) is 32.8 Å². The summed E-state index contributed by atoms with van der Waals surface area (Å²) in [5.74, 6) is 1.51. The van der Waals surface area contributed by atoms with Crippen LogP contribution in [0.5, 0.6) is 0 Å². The van der Waals surface area contributed by atoms with Gasteiger partial charge in [-0.25, -0.2) is 0 Å². The standard InChI is InChI=1S/C21H34N4OS/c1-4-22-20(23-15-21(2,3)18-10-7-13-27-18)24-17-11-12-25(14-17)19(26)16-8-5-6-9-16/h7,10,13,16-17H,4-6,8-9,11-12,14-15H2,1-3H3,(H2,22,23,24). The zero-order valence-electron chi connectivity index (χ0n) is 17.0. The van der Waals surface area contributed by atoms with Crippen LogP contribution in [0, 0.1) is 5.92 Å². The van der Waals surface area contributed by atoms with Crippen molar-refractivity contribution < 1.29 is 4.79 Å². The highest BCUT2D eigenvalue weighted by Gasteiger charge is 2.32. The normalized spacial score (nSPS) is 21.7. The van der Waals surface area contributed by atoms with Gasteiger partial charge in [0.05, 0.1) is 6.54 Å². The summed E-state index contributed by atoms with van der Waals surface area (Å²) in [5.41, 5.74) is 0.0245. The predicted molar refractivity (Wildman–Crippen MR) is 113 cm³/mol. The molecule has 2 aliphatic rings. The van der Waals surface area contributed by atoms with Crippen LogP contribution in [0.25, 0.3) is 0 Å². The Balaban J connectivity index is 1.55. The molecule has 1 saturated carbocycles. The van der Waals surface area contributed by atoms with E-state index in [4.69, 9.17) is 4.99 Å². The first kappa shape index (κ1) is 20.2. The van der Waals surface area contributed by atoms with E-state index in [1.54, 1.807) is 11.3 Å². The summed E-state index contributed by atoms with van der Waals surface area (Å²) < 4.78 is 0.